The third-order valence-corrected chi connectivity index (χ3v) is 6.79. The van der Waals surface area contributed by atoms with Crippen molar-refractivity contribution in [3.05, 3.63) is 58.5 Å². The Morgan fingerprint density at radius 3 is 2.50 bits per heavy atom. The molecule has 188 valence electrons. The van der Waals surface area contributed by atoms with Gasteiger partial charge in [-0.2, -0.15) is 10.5 Å². The lowest BCUT2D eigenvalue weighted by Gasteiger charge is -2.23. The number of thiophene rings is 1. The zero-order valence-corrected chi connectivity index (χ0v) is 22.1. The molecule has 2 aromatic heterocycles. The lowest BCUT2D eigenvalue weighted by Crippen LogP contribution is -2.27. The van der Waals surface area contributed by atoms with Crippen LogP contribution in [0.25, 0.3) is 0 Å². The molecule has 0 saturated heterocycles. The summed E-state index contributed by atoms with van der Waals surface area (Å²) in [4.78, 5) is 2.74. The Balaban J connectivity index is 1.46. The summed E-state index contributed by atoms with van der Waals surface area (Å²) in [6.07, 6.45) is 6.05. The summed E-state index contributed by atoms with van der Waals surface area (Å²) in [6.45, 7) is 10.7. The fourth-order valence-corrected chi connectivity index (χ4v) is 4.50. The molecule has 0 bridgehead atoms. The van der Waals surface area contributed by atoms with Crippen LogP contribution < -0.4 is 9.47 Å². The van der Waals surface area contributed by atoms with E-state index in [0.717, 1.165) is 36.6 Å². The number of ether oxygens (including phenoxy) is 2. The fraction of sp³-hybridized carbons (Fsp3) is 0.423. The lowest BCUT2D eigenvalue weighted by molar-refractivity contribution is -0.671. The molecular formula is C26H32N7O2S+. The molecule has 1 aromatic carbocycles. The Labute approximate surface area is 216 Å². The topological polar surface area (TPSA) is 103 Å². The van der Waals surface area contributed by atoms with Gasteiger partial charge in [0.05, 0.1) is 44.7 Å². The number of anilines is 1. The van der Waals surface area contributed by atoms with Crippen molar-refractivity contribution in [2.75, 3.05) is 44.4 Å². The van der Waals surface area contributed by atoms with Gasteiger partial charge in [-0.1, -0.05) is 0 Å². The summed E-state index contributed by atoms with van der Waals surface area (Å²) in [6, 6.07) is 10.2. The van der Waals surface area contributed by atoms with Gasteiger partial charge in [0.1, 0.15) is 36.0 Å². The number of hydrogen-bond acceptors (Lipinski definition) is 8. The van der Waals surface area contributed by atoms with Gasteiger partial charge in [0, 0.05) is 18.8 Å². The largest absolute Gasteiger partial charge is 0.377 e. The highest BCUT2D eigenvalue weighted by atomic mass is 32.1. The van der Waals surface area contributed by atoms with Crippen LogP contribution in [-0.4, -0.2) is 44.1 Å². The van der Waals surface area contributed by atoms with Gasteiger partial charge in [0.2, 0.25) is 6.33 Å². The van der Waals surface area contributed by atoms with Gasteiger partial charge in [-0.3, -0.25) is 0 Å². The third-order valence-electron chi connectivity index (χ3n) is 5.71. The quantitative estimate of drug-likeness (QED) is 0.190. The second-order valence-electron chi connectivity index (χ2n) is 8.25. The number of nitriles is 2. The number of aryl methyl sites for hydroxylation is 2. The highest BCUT2D eigenvalue weighted by molar-refractivity contribution is 7.16. The van der Waals surface area contributed by atoms with E-state index in [2.05, 4.69) is 44.8 Å². The molecule has 0 atom stereocenters. The SMILES string of the molecule is CCN(CCOCCOCCn1cc[n+](C)c1)c1ccc(/N=N/c2sc(C#N)c(C)c2C#N)c(C)c1. The van der Waals surface area contributed by atoms with E-state index in [0.29, 0.717) is 47.4 Å². The molecule has 0 aliphatic carbocycles. The monoisotopic (exact) mass is 506 g/mol. The zero-order valence-electron chi connectivity index (χ0n) is 21.3. The molecule has 0 radical (unpaired) electrons. The maximum atomic E-state index is 9.39. The molecular weight excluding hydrogens is 474 g/mol. The van der Waals surface area contributed by atoms with E-state index in [9.17, 15) is 10.5 Å². The molecule has 0 aliphatic rings. The number of azo groups is 1. The summed E-state index contributed by atoms with van der Waals surface area (Å²) in [5.41, 5.74) is 3.86. The number of nitrogens with zero attached hydrogens (tertiary/aromatic N) is 7. The molecule has 3 rings (SSSR count). The molecule has 0 spiro atoms. The van der Waals surface area contributed by atoms with Crippen LogP contribution in [0.3, 0.4) is 0 Å². The first-order valence-electron chi connectivity index (χ1n) is 11.8. The molecule has 0 amide bonds. The van der Waals surface area contributed by atoms with Gasteiger partial charge >= 0.3 is 0 Å². The number of hydrogen-bond donors (Lipinski definition) is 0. The number of aromatic nitrogens is 2. The number of likely N-dealkylation sites (N-methyl/N-ethyl adjacent to an activating group) is 1. The Bertz CT molecular complexity index is 1270. The molecule has 36 heavy (non-hydrogen) atoms. The molecule has 3 aromatic rings. The summed E-state index contributed by atoms with van der Waals surface area (Å²) in [7, 11) is 2.00. The maximum absolute atomic E-state index is 9.39. The van der Waals surface area contributed by atoms with Crippen LogP contribution >= 0.6 is 11.3 Å². The van der Waals surface area contributed by atoms with Gasteiger partial charge in [-0.05, 0) is 50.1 Å². The zero-order chi connectivity index (χ0) is 25.9. The van der Waals surface area contributed by atoms with E-state index in [4.69, 9.17) is 9.47 Å². The molecule has 10 heteroatoms. The number of rotatable bonds is 13. The standard InChI is InChI=1S/C26H32N7O2S/c1-5-33(11-13-35-15-14-34-12-10-32-9-8-31(4)19-32)22-6-7-24(20(2)16-22)29-30-26-23(17-27)21(3)25(18-28)36-26/h6-9,16,19H,5,10-15H2,1-4H3/q+1/b30-29+. The van der Waals surface area contributed by atoms with Crippen molar-refractivity contribution in [2.45, 2.75) is 27.3 Å². The first kappa shape index (κ1) is 27.0. The minimum Gasteiger partial charge on any atom is -0.377 e. The van der Waals surface area contributed by atoms with Crippen molar-refractivity contribution >= 4 is 27.7 Å². The summed E-state index contributed by atoms with van der Waals surface area (Å²) >= 11 is 1.19. The van der Waals surface area contributed by atoms with E-state index in [1.165, 1.54) is 11.3 Å². The summed E-state index contributed by atoms with van der Waals surface area (Å²) < 4.78 is 15.5. The van der Waals surface area contributed by atoms with Crippen molar-refractivity contribution in [1.29, 1.82) is 10.5 Å². The Morgan fingerprint density at radius 1 is 1.08 bits per heavy atom. The second-order valence-corrected chi connectivity index (χ2v) is 9.25. The predicted molar refractivity (Wildman–Crippen MR) is 139 cm³/mol. The molecule has 2 heterocycles. The van der Waals surface area contributed by atoms with Crippen molar-refractivity contribution in [2.24, 2.45) is 17.3 Å². The van der Waals surface area contributed by atoms with Crippen LogP contribution in [0.15, 0.2) is 47.1 Å². The first-order valence-corrected chi connectivity index (χ1v) is 12.7. The second kappa shape index (κ2) is 13.5. The number of benzene rings is 1. The average molecular weight is 507 g/mol. The van der Waals surface area contributed by atoms with Gasteiger partial charge in [0.25, 0.3) is 0 Å². The number of imidazole rings is 1. The fourth-order valence-electron chi connectivity index (χ4n) is 3.63. The van der Waals surface area contributed by atoms with Gasteiger partial charge in [-0.25, -0.2) is 9.13 Å². The van der Waals surface area contributed by atoms with Crippen LogP contribution in [0, 0.1) is 36.5 Å². The van der Waals surface area contributed by atoms with E-state index in [-0.39, 0.29) is 0 Å². The van der Waals surface area contributed by atoms with Crippen LogP contribution in [0.5, 0.6) is 0 Å². The van der Waals surface area contributed by atoms with Crippen molar-refractivity contribution in [3.8, 4) is 12.1 Å². The highest BCUT2D eigenvalue weighted by Crippen LogP contribution is 2.36. The van der Waals surface area contributed by atoms with Gasteiger partial charge in [-0.15, -0.1) is 21.6 Å². The van der Waals surface area contributed by atoms with Crippen LogP contribution in [0.4, 0.5) is 16.4 Å². The average Bonchev–Trinajstić information content (AvgIpc) is 3.43. The van der Waals surface area contributed by atoms with Crippen LogP contribution in [0.1, 0.15) is 28.5 Å². The van der Waals surface area contributed by atoms with Crippen molar-refractivity contribution < 1.29 is 14.0 Å². The molecule has 0 saturated carbocycles. The van der Waals surface area contributed by atoms with Crippen molar-refractivity contribution in [3.63, 3.8) is 0 Å². The Morgan fingerprint density at radius 2 is 1.86 bits per heavy atom. The third kappa shape index (κ3) is 7.22. The Kier molecular flexibility index (Phi) is 10.1. The molecule has 0 aliphatic heterocycles. The maximum Gasteiger partial charge on any atom is 0.243 e. The molecule has 0 unspecified atom stereocenters. The van der Waals surface area contributed by atoms with Crippen molar-refractivity contribution in [1.82, 2.24) is 4.57 Å². The van der Waals surface area contributed by atoms with Gasteiger partial charge in [0.15, 0.2) is 5.00 Å². The normalized spacial score (nSPS) is 11.1. The minimum absolute atomic E-state index is 0.409. The van der Waals surface area contributed by atoms with Crippen LogP contribution in [0.2, 0.25) is 0 Å². The lowest BCUT2D eigenvalue weighted by atomic mass is 10.1. The predicted octanol–water partition coefficient (Wildman–Crippen LogP) is 4.71. The van der Waals surface area contributed by atoms with E-state index in [1.807, 2.05) is 49.4 Å². The smallest absolute Gasteiger partial charge is 0.243 e. The molecule has 0 N–H and O–H groups in total. The molecule has 0 fully saturated rings. The minimum atomic E-state index is 0.409. The van der Waals surface area contributed by atoms with E-state index in [1.54, 1.807) is 6.92 Å². The molecule has 9 nitrogen and oxygen atoms in total. The Hall–Kier alpha value is -3.57. The summed E-state index contributed by atoms with van der Waals surface area (Å²) in [5, 5.41) is 27.7. The van der Waals surface area contributed by atoms with E-state index >= 15 is 0 Å². The summed E-state index contributed by atoms with van der Waals surface area (Å²) in [5.74, 6) is 0. The highest BCUT2D eigenvalue weighted by Gasteiger charge is 2.14. The first-order chi connectivity index (χ1) is 17.5. The van der Waals surface area contributed by atoms with Crippen LogP contribution in [-0.2, 0) is 23.1 Å². The van der Waals surface area contributed by atoms with Gasteiger partial charge < -0.3 is 14.4 Å². The van der Waals surface area contributed by atoms with E-state index < -0.39 is 0 Å².